The molecule has 0 unspecified atom stereocenters. The van der Waals surface area contributed by atoms with Crippen molar-refractivity contribution in [2.45, 2.75) is 20.8 Å². The van der Waals surface area contributed by atoms with Crippen molar-refractivity contribution in [2.75, 3.05) is 18.2 Å². The van der Waals surface area contributed by atoms with E-state index in [0.717, 1.165) is 18.2 Å². The van der Waals surface area contributed by atoms with Gasteiger partial charge in [0.15, 0.2) is 0 Å². The van der Waals surface area contributed by atoms with E-state index in [4.69, 9.17) is 0 Å². The highest BCUT2D eigenvalue weighted by molar-refractivity contribution is 7.99. The van der Waals surface area contributed by atoms with Crippen LogP contribution in [0.4, 0.5) is 0 Å². The molecule has 0 aromatic heterocycles. The number of thioether (sulfide) groups is 1. The standard InChI is InChI=1S/C8H15NOS/c1-8(2,3)7(10)9-4-5-11-6-9/h4-6H2,1-3H3. The van der Waals surface area contributed by atoms with Gasteiger partial charge in [-0.2, -0.15) is 0 Å². The van der Waals surface area contributed by atoms with Gasteiger partial charge in [0.1, 0.15) is 0 Å². The molecule has 1 rings (SSSR count). The molecule has 1 aliphatic heterocycles. The summed E-state index contributed by atoms with van der Waals surface area (Å²) in [4.78, 5) is 13.5. The molecule has 0 saturated carbocycles. The number of hydrogen-bond donors (Lipinski definition) is 0. The third-order valence-corrected chi connectivity index (χ3v) is 2.65. The molecule has 2 nitrogen and oxygen atoms in total. The largest absolute Gasteiger partial charge is 0.332 e. The van der Waals surface area contributed by atoms with Crippen LogP contribution in [0, 0.1) is 5.41 Å². The van der Waals surface area contributed by atoms with Crippen molar-refractivity contribution in [2.24, 2.45) is 5.41 Å². The summed E-state index contributed by atoms with van der Waals surface area (Å²) in [5.41, 5.74) is -0.203. The van der Waals surface area contributed by atoms with Gasteiger partial charge < -0.3 is 4.90 Å². The molecule has 3 heteroatoms. The zero-order valence-electron chi connectivity index (χ0n) is 7.39. The van der Waals surface area contributed by atoms with E-state index in [0.29, 0.717) is 0 Å². The van der Waals surface area contributed by atoms with Crippen LogP contribution in [0.15, 0.2) is 0 Å². The molecule has 0 spiro atoms. The van der Waals surface area contributed by atoms with Crippen molar-refractivity contribution in [3.8, 4) is 0 Å². The average molecular weight is 173 g/mol. The van der Waals surface area contributed by atoms with Gasteiger partial charge in [-0.15, -0.1) is 11.8 Å². The minimum atomic E-state index is -0.203. The van der Waals surface area contributed by atoms with Gasteiger partial charge in [0.2, 0.25) is 5.91 Å². The number of nitrogens with zero attached hydrogens (tertiary/aromatic N) is 1. The van der Waals surface area contributed by atoms with Crippen LogP contribution < -0.4 is 0 Å². The fraction of sp³-hybridized carbons (Fsp3) is 0.875. The van der Waals surface area contributed by atoms with E-state index in [9.17, 15) is 4.79 Å². The predicted molar refractivity (Wildman–Crippen MR) is 48.5 cm³/mol. The summed E-state index contributed by atoms with van der Waals surface area (Å²) in [7, 11) is 0. The lowest BCUT2D eigenvalue weighted by molar-refractivity contribution is -0.137. The van der Waals surface area contributed by atoms with Crippen LogP contribution in [0.1, 0.15) is 20.8 Å². The Morgan fingerprint density at radius 1 is 1.45 bits per heavy atom. The molecule has 0 bridgehead atoms. The average Bonchev–Trinajstić information content (AvgIpc) is 2.34. The van der Waals surface area contributed by atoms with E-state index >= 15 is 0 Å². The SMILES string of the molecule is CC(C)(C)C(=O)N1CCSC1. The second-order valence-electron chi connectivity index (χ2n) is 3.86. The van der Waals surface area contributed by atoms with Crippen molar-refractivity contribution in [3.05, 3.63) is 0 Å². The molecule has 1 saturated heterocycles. The van der Waals surface area contributed by atoms with Crippen LogP contribution in [0.25, 0.3) is 0 Å². The lowest BCUT2D eigenvalue weighted by Crippen LogP contribution is -2.37. The Bertz CT molecular complexity index is 156. The first-order valence-corrected chi connectivity index (χ1v) is 5.04. The third kappa shape index (κ3) is 2.12. The Morgan fingerprint density at radius 2 is 2.09 bits per heavy atom. The summed E-state index contributed by atoms with van der Waals surface area (Å²) < 4.78 is 0. The molecule has 0 N–H and O–H groups in total. The van der Waals surface area contributed by atoms with Crippen molar-refractivity contribution < 1.29 is 4.79 Å². The van der Waals surface area contributed by atoms with Gasteiger partial charge >= 0.3 is 0 Å². The molecule has 1 heterocycles. The molecule has 0 radical (unpaired) electrons. The van der Waals surface area contributed by atoms with Crippen molar-refractivity contribution in [1.82, 2.24) is 4.90 Å². The molecule has 0 aliphatic carbocycles. The Labute approximate surface area is 72.3 Å². The maximum Gasteiger partial charge on any atom is 0.228 e. The molecular weight excluding hydrogens is 158 g/mol. The Balaban J connectivity index is 2.53. The Hall–Kier alpha value is -0.180. The second kappa shape index (κ2) is 3.05. The summed E-state index contributed by atoms with van der Waals surface area (Å²) in [5, 5.41) is 0. The third-order valence-electron chi connectivity index (χ3n) is 1.68. The number of carbonyl (C=O) groups is 1. The molecular formula is C8H15NOS. The normalized spacial score (nSPS) is 19.0. The minimum Gasteiger partial charge on any atom is -0.332 e. The molecule has 1 amide bonds. The summed E-state index contributed by atoms with van der Waals surface area (Å²) in [6, 6.07) is 0. The van der Waals surface area contributed by atoms with E-state index < -0.39 is 0 Å². The Kier molecular flexibility index (Phi) is 2.47. The number of rotatable bonds is 0. The van der Waals surface area contributed by atoms with E-state index in [1.54, 1.807) is 0 Å². The smallest absolute Gasteiger partial charge is 0.228 e. The first kappa shape index (κ1) is 8.91. The summed E-state index contributed by atoms with van der Waals surface area (Å²) in [6.45, 7) is 6.84. The first-order chi connectivity index (χ1) is 5.02. The molecule has 0 atom stereocenters. The highest BCUT2D eigenvalue weighted by atomic mass is 32.2. The van der Waals surface area contributed by atoms with Crippen LogP contribution >= 0.6 is 11.8 Å². The highest BCUT2D eigenvalue weighted by Crippen LogP contribution is 2.22. The summed E-state index contributed by atoms with van der Waals surface area (Å²) in [6.07, 6.45) is 0. The number of hydrogen-bond acceptors (Lipinski definition) is 2. The van der Waals surface area contributed by atoms with E-state index in [2.05, 4.69) is 0 Å². The van der Waals surface area contributed by atoms with Crippen LogP contribution in [0.5, 0.6) is 0 Å². The van der Waals surface area contributed by atoms with Crippen molar-refractivity contribution >= 4 is 17.7 Å². The van der Waals surface area contributed by atoms with E-state index in [1.165, 1.54) is 0 Å². The van der Waals surface area contributed by atoms with Crippen LogP contribution in [0.2, 0.25) is 0 Å². The zero-order chi connectivity index (χ0) is 8.48. The van der Waals surface area contributed by atoms with Gasteiger partial charge in [0, 0.05) is 17.7 Å². The maximum absolute atomic E-state index is 11.6. The fourth-order valence-electron chi connectivity index (χ4n) is 1.05. The van der Waals surface area contributed by atoms with Crippen molar-refractivity contribution in [1.29, 1.82) is 0 Å². The molecule has 0 aromatic carbocycles. The van der Waals surface area contributed by atoms with Gasteiger partial charge in [-0.1, -0.05) is 20.8 Å². The second-order valence-corrected chi connectivity index (χ2v) is 4.93. The molecule has 0 aromatic rings. The van der Waals surface area contributed by atoms with Crippen LogP contribution in [-0.4, -0.2) is 29.0 Å². The minimum absolute atomic E-state index is 0.203. The zero-order valence-corrected chi connectivity index (χ0v) is 8.20. The topological polar surface area (TPSA) is 20.3 Å². The van der Waals surface area contributed by atoms with Crippen molar-refractivity contribution in [3.63, 3.8) is 0 Å². The highest BCUT2D eigenvalue weighted by Gasteiger charge is 2.28. The number of carbonyl (C=O) groups excluding carboxylic acids is 1. The van der Waals surface area contributed by atoms with Crippen LogP contribution in [0.3, 0.4) is 0 Å². The first-order valence-electron chi connectivity index (χ1n) is 3.89. The van der Waals surface area contributed by atoms with Crippen LogP contribution in [-0.2, 0) is 4.79 Å². The van der Waals surface area contributed by atoms with E-state index in [1.807, 2.05) is 37.4 Å². The quantitative estimate of drug-likeness (QED) is 0.554. The molecule has 1 aliphatic rings. The molecule has 11 heavy (non-hydrogen) atoms. The van der Waals surface area contributed by atoms with E-state index in [-0.39, 0.29) is 11.3 Å². The molecule has 1 fully saturated rings. The maximum atomic E-state index is 11.6. The fourth-order valence-corrected chi connectivity index (χ4v) is 1.99. The molecule has 64 valence electrons. The van der Waals surface area contributed by atoms with Gasteiger partial charge in [0.25, 0.3) is 0 Å². The van der Waals surface area contributed by atoms with Gasteiger partial charge in [0.05, 0.1) is 5.88 Å². The Morgan fingerprint density at radius 3 is 2.45 bits per heavy atom. The monoisotopic (exact) mass is 173 g/mol. The van der Waals surface area contributed by atoms with Gasteiger partial charge in [-0.25, -0.2) is 0 Å². The van der Waals surface area contributed by atoms with Gasteiger partial charge in [-0.3, -0.25) is 4.79 Å². The number of amides is 1. The summed E-state index contributed by atoms with van der Waals surface area (Å²) >= 11 is 1.83. The predicted octanol–water partition coefficient (Wildman–Crippen LogP) is 1.57. The lowest BCUT2D eigenvalue weighted by Gasteiger charge is -2.24. The van der Waals surface area contributed by atoms with Gasteiger partial charge in [-0.05, 0) is 0 Å². The lowest BCUT2D eigenvalue weighted by atomic mass is 9.95. The summed E-state index contributed by atoms with van der Waals surface area (Å²) in [5.74, 6) is 2.26.